The second-order valence-electron chi connectivity index (χ2n) is 6.62. The highest BCUT2D eigenvalue weighted by atomic mass is 19.4. The van der Waals surface area contributed by atoms with Crippen LogP contribution in [0.4, 0.5) is 13.2 Å². The second-order valence-corrected chi connectivity index (χ2v) is 6.62. The molecular weight excluding hydrogens is 353 g/mol. The number of hydrogen-bond acceptors (Lipinski definition) is 4. The first-order valence-corrected chi connectivity index (χ1v) is 8.01. The first-order valence-electron chi connectivity index (χ1n) is 8.01. The number of fused-ring (bicyclic) bond motifs is 1. The molecule has 1 aliphatic rings. The Labute approximate surface area is 146 Å². The van der Waals surface area contributed by atoms with Crippen LogP contribution in [0, 0.1) is 11.8 Å². The van der Waals surface area contributed by atoms with Gasteiger partial charge in [-0.25, -0.2) is 9.67 Å². The number of carbonyl (C=O) groups excluding carboxylic acids is 1. The minimum atomic E-state index is -4.68. The molecule has 2 aromatic rings. The third-order valence-corrected chi connectivity index (χ3v) is 4.51. The molecule has 3 rings (SSSR count). The smallest absolute Gasteiger partial charge is 0.394 e. The molecule has 2 aromatic heterocycles. The Hall–Kier alpha value is -2.65. The van der Waals surface area contributed by atoms with Gasteiger partial charge in [-0.15, -0.1) is 0 Å². The van der Waals surface area contributed by atoms with Crippen LogP contribution in [-0.2, 0) is 4.79 Å². The van der Waals surface area contributed by atoms with Gasteiger partial charge in [-0.3, -0.25) is 9.59 Å². The highest BCUT2D eigenvalue weighted by Gasteiger charge is 2.53. The van der Waals surface area contributed by atoms with Gasteiger partial charge in [0.25, 0.3) is 5.91 Å². The van der Waals surface area contributed by atoms with Crippen molar-refractivity contribution in [1.29, 1.82) is 0 Å². The van der Waals surface area contributed by atoms with E-state index in [2.05, 4.69) is 10.1 Å². The van der Waals surface area contributed by atoms with Crippen molar-refractivity contribution in [2.75, 3.05) is 13.1 Å². The van der Waals surface area contributed by atoms with Crippen molar-refractivity contribution in [3.63, 3.8) is 0 Å². The van der Waals surface area contributed by atoms with Gasteiger partial charge in [-0.05, 0) is 19.9 Å². The lowest BCUT2D eigenvalue weighted by molar-refractivity contribution is -0.187. The summed E-state index contributed by atoms with van der Waals surface area (Å²) in [7, 11) is 0. The minimum absolute atomic E-state index is 0.0593. The SMILES string of the molecule is CC(C)n1ncc2cc(C(=O)N3C[C@@H](C(F)(F)F)[C@H](C(=O)O)C3)cnc21. The summed E-state index contributed by atoms with van der Waals surface area (Å²) in [5, 5.41) is 13.8. The largest absolute Gasteiger partial charge is 0.481 e. The fraction of sp³-hybridized carbons (Fsp3) is 0.500. The third-order valence-electron chi connectivity index (χ3n) is 4.51. The summed E-state index contributed by atoms with van der Waals surface area (Å²) >= 11 is 0. The zero-order chi connectivity index (χ0) is 19.2. The maximum Gasteiger partial charge on any atom is 0.394 e. The van der Waals surface area contributed by atoms with E-state index in [0.29, 0.717) is 11.0 Å². The van der Waals surface area contributed by atoms with Gasteiger partial charge < -0.3 is 10.0 Å². The molecule has 140 valence electrons. The average Bonchev–Trinajstić information content (AvgIpc) is 3.17. The monoisotopic (exact) mass is 370 g/mol. The third kappa shape index (κ3) is 3.11. The van der Waals surface area contributed by atoms with Gasteiger partial charge in [-0.2, -0.15) is 18.3 Å². The highest BCUT2D eigenvalue weighted by molar-refractivity contribution is 5.97. The predicted octanol–water partition coefficient (Wildman–Crippen LogP) is 2.35. The number of carbonyl (C=O) groups is 2. The Morgan fingerprint density at radius 3 is 2.50 bits per heavy atom. The molecule has 10 heteroatoms. The number of likely N-dealkylation sites (tertiary alicyclic amines) is 1. The van der Waals surface area contributed by atoms with E-state index in [1.54, 1.807) is 4.68 Å². The summed E-state index contributed by atoms with van der Waals surface area (Å²) in [5.41, 5.74) is 0.669. The Bertz CT molecular complexity index is 862. The fourth-order valence-corrected chi connectivity index (χ4v) is 3.17. The molecule has 7 nitrogen and oxygen atoms in total. The van der Waals surface area contributed by atoms with Crippen molar-refractivity contribution in [2.24, 2.45) is 11.8 Å². The van der Waals surface area contributed by atoms with Crippen LogP contribution in [0.25, 0.3) is 11.0 Å². The molecule has 0 bridgehead atoms. The molecule has 1 aliphatic heterocycles. The lowest BCUT2D eigenvalue weighted by Gasteiger charge is -2.18. The van der Waals surface area contributed by atoms with Crippen LogP contribution in [0.15, 0.2) is 18.5 Å². The zero-order valence-electron chi connectivity index (χ0n) is 14.1. The number of aliphatic carboxylic acids is 1. The number of alkyl halides is 3. The Balaban J connectivity index is 1.87. The van der Waals surface area contributed by atoms with E-state index in [1.807, 2.05) is 13.8 Å². The number of carboxylic acids is 1. The molecule has 1 amide bonds. The number of nitrogens with zero attached hydrogens (tertiary/aromatic N) is 4. The van der Waals surface area contributed by atoms with Crippen LogP contribution in [0.2, 0.25) is 0 Å². The molecule has 0 saturated carbocycles. The van der Waals surface area contributed by atoms with Gasteiger partial charge in [-0.1, -0.05) is 0 Å². The molecule has 0 unspecified atom stereocenters. The van der Waals surface area contributed by atoms with Gasteiger partial charge in [0.2, 0.25) is 0 Å². The summed E-state index contributed by atoms with van der Waals surface area (Å²) in [6.45, 7) is 2.67. The standard InChI is InChI=1S/C16H17F3N4O3/c1-8(2)23-13-9(5-21-23)3-10(4-20-13)14(24)22-6-11(15(25)26)12(7-22)16(17,18)19/h3-5,8,11-12H,6-7H2,1-2H3,(H,25,26)/t11-,12-/m1/s1. The topological polar surface area (TPSA) is 88.3 Å². The normalized spacial score (nSPS) is 20.9. The Kier molecular flexibility index (Phi) is 4.37. The van der Waals surface area contributed by atoms with Crippen LogP contribution in [0.3, 0.4) is 0 Å². The molecule has 1 N–H and O–H groups in total. The Morgan fingerprint density at radius 1 is 1.27 bits per heavy atom. The van der Waals surface area contributed by atoms with E-state index in [9.17, 15) is 22.8 Å². The van der Waals surface area contributed by atoms with Gasteiger partial charge >= 0.3 is 12.1 Å². The van der Waals surface area contributed by atoms with E-state index >= 15 is 0 Å². The van der Waals surface area contributed by atoms with Gasteiger partial charge in [0, 0.05) is 30.7 Å². The van der Waals surface area contributed by atoms with Gasteiger partial charge in [0.05, 0.1) is 23.6 Å². The molecule has 2 atom stereocenters. The second kappa shape index (κ2) is 6.26. The highest BCUT2D eigenvalue weighted by Crippen LogP contribution is 2.38. The van der Waals surface area contributed by atoms with Crippen molar-refractivity contribution in [1.82, 2.24) is 19.7 Å². The van der Waals surface area contributed by atoms with Crippen molar-refractivity contribution < 1.29 is 27.9 Å². The molecule has 0 aliphatic carbocycles. The van der Waals surface area contributed by atoms with Crippen molar-refractivity contribution in [3.05, 3.63) is 24.0 Å². The first-order chi connectivity index (χ1) is 12.1. The summed E-state index contributed by atoms with van der Waals surface area (Å²) in [6, 6.07) is 1.57. The fourth-order valence-electron chi connectivity index (χ4n) is 3.17. The number of hydrogen-bond donors (Lipinski definition) is 1. The molecule has 26 heavy (non-hydrogen) atoms. The van der Waals surface area contributed by atoms with Crippen LogP contribution in [0.5, 0.6) is 0 Å². The summed E-state index contributed by atoms with van der Waals surface area (Å²) < 4.78 is 40.9. The van der Waals surface area contributed by atoms with Crippen LogP contribution >= 0.6 is 0 Å². The minimum Gasteiger partial charge on any atom is -0.481 e. The van der Waals surface area contributed by atoms with Crippen molar-refractivity contribution >= 4 is 22.9 Å². The van der Waals surface area contributed by atoms with Crippen LogP contribution in [-0.4, -0.2) is 55.9 Å². The molecule has 0 spiro atoms. The van der Waals surface area contributed by atoms with Gasteiger partial charge in [0.15, 0.2) is 5.65 Å². The number of amides is 1. The van der Waals surface area contributed by atoms with E-state index in [1.165, 1.54) is 18.5 Å². The first kappa shape index (κ1) is 18.2. The van der Waals surface area contributed by atoms with Crippen molar-refractivity contribution in [3.8, 4) is 0 Å². The molecule has 0 aromatic carbocycles. The maximum absolute atomic E-state index is 13.1. The molecule has 1 fully saturated rings. The van der Waals surface area contributed by atoms with Crippen LogP contribution < -0.4 is 0 Å². The summed E-state index contributed by atoms with van der Waals surface area (Å²) in [5.74, 6) is -5.98. The number of rotatable bonds is 3. The molecular formula is C16H17F3N4O3. The lowest BCUT2D eigenvalue weighted by Crippen LogP contribution is -2.34. The van der Waals surface area contributed by atoms with E-state index in [-0.39, 0.29) is 11.6 Å². The number of halogens is 3. The summed E-state index contributed by atoms with van der Waals surface area (Å²) in [4.78, 5) is 28.8. The lowest BCUT2D eigenvalue weighted by atomic mass is 9.96. The molecule has 1 saturated heterocycles. The predicted molar refractivity (Wildman–Crippen MR) is 84.5 cm³/mol. The maximum atomic E-state index is 13.1. The molecule has 0 radical (unpaired) electrons. The van der Waals surface area contributed by atoms with Crippen LogP contribution in [0.1, 0.15) is 30.2 Å². The zero-order valence-corrected chi connectivity index (χ0v) is 14.1. The number of aromatic nitrogens is 3. The van der Waals surface area contributed by atoms with E-state index in [0.717, 1.165) is 4.90 Å². The van der Waals surface area contributed by atoms with Crippen molar-refractivity contribution in [2.45, 2.75) is 26.1 Å². The van der Waals surface area contributed by atoms with Gasteiger partial charge in [0.1, 0.15) is 0 Å². The van der Waals surface area contributed by atoms with E-state index < -0.39 is 43.0 Å². The quantitative estimate of drug-likeness (QED) is 0.896. The number of carboxylic acid groups (broad SMARTS) is 1. The molecule has 3 heterocycles. The summed E-state index contributed by atoms with van der Waals surface area (Å²) in [6.07, 6.45) is -1.87. The average molecular weight is 370 g/mol. The van der Waals surface area contributed by atoms with E-state index in [4.69, 9.17) is 5.11 Å². The number of pyridine rings is 1. The Morgan fingerprint density at radius 2 is 1.96 bits per heavy atom.